The molecule has 1 heterocycles. The van der Waals surface area contributed by atoms with E-state index in [4.69, 9.17) is 0 Å². The molecule has 4 nitrogen and oxygen atoms in total. The van der Waals surface area contributed by atoms with Gasteiger partial charge in [0.15, 0.2) is 5.78 Å². The van der Waals surface area contributed by atoms with Gasteiger partial charge < -0.3 is 0 Å². The second kappa shape index (κ2) is 2.69. The number of carbonyl (C=O) groups excluding carboxylic acids is 1. The third-order valence-corrected chi connectivity index (χ3v) is 2.04. The molecule has 1 saturated carbocycles. The highest BCUT2D eigenvalue weighted by atomic mass is 16.1. The molecule has 0 aromatic carbocycles. The molecule has 1 aromatic rings. The minimum atomic E-state index is -0.0166. The van der Waals surface area contributed by atoms with E-state index >= 15 is 0 Å². The molecule has 0 saturated heterocycles. The van der Waals surface area contributed by atoms with Gasteiger partial charge in [-0.3, -0.25) is 9.48 Å². The smallest absolute Gasteiger partial charge is 0.181 e. The maximum atomic E-state index is 10.8. The molecule has 0 spiro atoms. The Labute approximate surface area is 70.6 Å². The van der Waals surface area contributed by atoms with Gasteiger partial charge in [-0.2, -0.15) is 0 Å². The van der Waals surface area contributed by atoms with Crippen molar-refractivity contribution >= 4 is 5.78 Å². The lowest BCUT2D eigenvalue weighted by Gasteiger charge is -1.93. The minimum Gasteiger partial charge on any atom is -0.293 e. The summed E-state index contributed by atoms with van der Waals surface area (Å²) in [4.78, 5) is 10.8. The molecule has 2 rings (SSSR count). The SMILES string of the molecule is CC(=O)c1cn(CC2CC2)nn1. The molecular formula is C8H11N3O. The quantitative estimate of drug-likeness (QED) is 0.625. The fraction of sp³-hybridized carbons (Fsp3) is 0.625. The molecule has 0 bridgehead atoms. The number of ketones is 1. The summed E-state index contributed by atoms with van der Waals surface area (Å²) >= 11 is 0. The van der Waals surface area contributed by atoms with E-state index in [9.17, 15) is 4.79 Å². The van der Waals surface area contributed by atoms with Gasteiger partial charge in [0, 0.05) is 13.5 Å². The second-order valence-corrected chi connectivity index (χ2v) is 3.33. The molecule has 0 unspecified atom stereocenters. The molecule has 64 valence electrons. The van der Waals surface area contributed by atoms with Crippen molar-refractivity contribution in [3.05, 3.63) is 11.9 Å². The van der Waals surface area contributed by atoms with Crippen molar-refractivity contribution in [1.82, 2.24) is 15.0 Å². The van der Waals surface area contributed by atoms with Gasteiger partial charge in [0.25, 0.3) is 0 Å². The zero-order valence-electron chi connectivity index (χ0n) is 7.03. The number of Topliss-reactive ketones (excluding diaryl/α,β-unsaturated/α-hetero) is 1. The Bertz CT molecular complexity index is 301. The highest BCUT2D eigenvalue weighted by Gasteiger charge is 2.22. The van der Waals surface area contributed by atoms with Gasteiger partial charge >= 0.3 is 0 Å². The summed E-state index contributed by atoms with van der Waals surface area (Å²) in [5.74, 6) is 0.753. The van der Waals surface area contributed by atoms with E-state index in [1.165, 1.54) is 19.8 Å². The van der Waals surface area contributed by atoms with Crippen LogP contribution in [-0.2, 0) is 6.54 Å². The van der Waals surface area contributed by atoms with Crippen LogP contribution in [0.1, 0.15) is 30.3 Å². The van der Waals surface area contributed by atoms with Gasteiger partial charge in [-0.25, -0.2) is 0 Å². The van der Waals surface area contributed by atoms with Gasteiger partial charge in [0.05, 0.1) is 6.20 Å². The summed E-state index contributed by atoms with van der Waals surface area (Å²) in [5.41, 5.74) is 0.468. The van der Waals surface area contributed by atoms with Crippen molar-refractivity contribution in [3.63, 3.8) is 0 Å². The Morgan fingerprint density at radius 1 is 1.75 bits per heavy atom. The molecule has 0 aliphatic heterocycles. The molecule has 12 heavy (non-hydrogen) atoms. The second-order valence-electron chi connectivity index (χ2n) is 3.33. The van der Waals surface area contributed by atoms with Gasteiger partial charge in [0.1, 0.15) is 5.69 Å². The average molecular weight is 165 g/mol. The molecule has 0 N–H and O–H groups in total. The monoisotopic (exact) mass is 165 g/mol. The Kier molecular flexibility index (Phi) is 1.67. The zero-order valence-corrected chi connectivity index (χ0v) is 7.03. The molecule has 4 heteroatoms. The molecule has 1 aliphatic carbocycles. The van der Waals surface area contributed by atoms with Crippen LogP contribution in [0.4, 0.5) is 0 Å². The Balaban J connectivity index is 2.06. The first kappa shape index (κ1) is 7.46. The van der Waals surface area contributed by atoms with Gasteiger partial charge in [-0.15, -0.1) is 5.10 Å². The van der Waals surface area contributed by atoms with E-state index in [0.717, 1.165) is 12.5 Å². The average Bonchev–Trinajstić information content (AvgIpc) is 2.66. The third-order valence-electron chi connectivity index (χ3n) is 2.04. The zero-order chi connectivity index (χ0) is 8.55. The number of nitrogens with zero attached hydrogens (tertiary/aromatic N) is 3. The molecule has 0 amide bonds. The van der Waals surface area contributed by atoms with E-state index < -0.39 is 0 Å². The Morgan fingerprint density at radius 2 is 2.50 bits per heavy atom. The van der Waals surface area contributed by atoms with Crippen LogP contribution in [0.2, 0.25) is 0 Å². The summed E-state index contributed by atoms with van der Waals surface area (Å²) in [6.07, 6.45) is 4.30. The molecule has 1 fully saturated rings. The van der Waals surface area contributed by atoms with E-state index in [1.54, 1.807) is 10.9 Å². The summed E-state index contributed by atoms with van der Waals surface area (Å²) in [6, 6.07) is 0. The summed E-state index contributed by atoms with van der Waals surface area (Å²) in [6.45, 7) is 2.42. The van der Waals surface area contributed by atoms with E-state index in [0.29, 0.717) is 5.69 Å². The lowest BCUT2D eigenvalue weighted by Crippen LogP contribution is -1.99. The van der Waals surface area contributed by atoms with Crippen molar-refractivity contribution in [2.24, 2.45) is 5.92 Å². The highest BCUT2D eigenvalue weighted by molar-refractivity contribution is 5.91. The number of aromatic nitrogens is 3. The standard InChI is InChI=1S/C8H11N3O/c1-6(12)8-5-11(10-9-8)4-7-2-3-7/h5,7H,2-4H2,1H3. The molecule has 1 aliphatic rings. The van der Waals surface area contributed by atoms with Gasteiger partial charge in [0.2, 0.25) is 0 Å². The topological polar surface area (TPSA) is 47.8 Å². The van der Waals surface area contributed by atoms with Crippen LogP contribution in [0, 0.1) is 5.92 Å². The summed E-state index contributed by atoms with van der Waals surface area (Å²) in [7, 11) is 0. The van der Waals surface area contributed by atoms with Crippen LogP contribution in [-0.4, -0.2) is 20.8 Å². The number of hydrogen-bond acceptors (Lipinski definition) is 3. The van der Waals surface area contributed by atoms with Crippen LogP contribution in [0.15, 0.2) is 6.20 Å². The summed E-state index contributed by atoms with van der Waals surface area (Å²) in [5, 5.41) is 7.62. The van der Waals surface area contributed by atoms with Crippen LogP contribution in [0.3, 0.4) is 0 Å². The fourth-order valence-electron chi connectivity index (χ4n) is 1.11. The first-order valence-electron chi connectivity index (χ1n) is 4.17. The maximum Gasteiger partial charge on any atom is 0.181 e. The highest BCUT2D eigenvalue weighted by Crippen LogP contribution is 2.30. The van der Waals surface area contributed by atoms with Crippen molar-refractivity contribution < 1.29 is 4.79 Å². The summed E-state index contributed by atoms with van der Waals surface area (Å²) < 4.78 is 1.76. The molecule has 0 atom stereocenters. The van der Waals surface area contributed by atoms with Crippen molar-refractivity contribution in [2.75, 3.05) is 0 Å². The van der Waals surface area contributed by atoms with E-state index in [1.807, 2.05) is 0 Å². The number of carbonyl (C=O) groups is 1. The van der Waals surface area contributed by atoms with E-state index in [-0.39, 0.29) is 5.78 Å². The molecule has 1 aromatic heterocycles. The molecule has 0 radical (unpaired) electrons. The van der Waals surface area contributed by atoms with Crippen LogP contribution < -0.4 is 0 Å². The van der Waals surface area contributed by atoms with Crippen molar-refractivity contribution in [1.29, 1.82) is 0 Å². The van der Waals surface area contributed by atoms with E-state index in [2.05, 4.69) is 10.3 Å². The number of hydrogen-bond donors (Lipinski definition) is 0. The number of rotatable bonds is 3. The van der Waals surface area contributed by atoms with Crippen LogP contribution in [0.5, 0.6) is 0 Å². The molecular weight excluding hydrogens is 154 g/mol. The Morgan fingerprint density at radius 3 is 3.00 bits per heavy atom. The normalized spacial score (nSPS) is 16.4. The Hall–Kier alpha value is -1.19. The fourth-order valence-corrected chi connectivity index (χ4v) is 1.11. The first-order chi connectivity index (χ1) is 5.75. The largest absolute Gasteiger partial charge is 0.293 e. The van der Waals surface area contributed by atoms with Crippen LogP contribution >= 0.6 is 0 Å². The third kappa shape index (κ3) is 1.52. The first-order valence-corrected chi connectivity index (χ1v) is 4.17. The van der Waals surface area contributed by atoms with Gasteiger partial charge in [-0.05, 0) is 18.8 Å². The van der Waals surface area contributed by atoms with Crippen molar-refractivity contribution in [3.8, 4) is 0 Å². The maximum absolute atomic E-state index is 10.8. The predicted molar refractivity (Wildman–Crippen MR) is 42.8 cm³/mol. The van der Waals surface area contributed by atoms with Crippen LogP contribution in [0.25, 0.3) is 0 Å². The van der Waals surface area contributed by atoms with Crippen molar-refractivity contribution in [2.45, 2.75) is 26.3 Å². The minimum absolute atomic E-state index is 0.0166. The predicted octanol–water partition coefficient (Wildman–Crippen LogP) is 0.891. The lowest BCUT2D eigenvalue weighted by molar-refractivity contribution is 0.101. The van der Waals surface area contributed by atoms with Gasteiger partial charge in [-0.1, -0.05) is 5.21 Å². The lowest BCUT2D eigenvalue weighted by atomic mass is 10.3.